The van der Waals surface area contributed by atoms with Gasteiger partial charge in [-0.25, -0.2) is 5.43 Å². The fourth-order valence-corrected chi connectivity index (χ4v) is 6.81. The van der Waals surface area contributed by atoms with E-state index in [1.54, 1.807) is 23.0 Å². The van der Waals surface area contributed by atoms with Crippen LogP contribution in [0.15, 0.2) is 52.2 Å². The maximum atomic E-state index is 13.3. The van der Waals surface area contributed by atoms with E-state index in [9.17, 15) is 4.79 Å². The third kappa shape index (κ3) is 3.77. The number of halogens is 1. The number of hydrogen-bond acceptors (Lipinski definition) is 7. The van der Waals surface area contributed by atoms with E-state index in [1.807, 2.05) is 18.2 Å². The molecule has 4 aliphatic carbocycles. The molecule has 7 rings (SSSR count). The van der Waals surface area contributed by atoms with E-state index in [4.69, 9.17) is 20.8 Å². The number of tetrazole rings is 1. The second-order valence-electron chi connectivity index (χ2n) is 9.91. The Morgan fingerprint density at radius 1 is 1.24 bits per heavy atom. The van der Waals surface area contributed by atoms with E-state index < -0.39 is 5.41 Å². The fourth-order valence-electron chi connectivity index (χ4n) is 6.62. The summed E-state index contributed by atoms with van der Waals surface area (Å²) in [6, 6.07) is 10.9. The van der Waals surface area contributed by atoms with Crippen molar-refractivity contribution >= 4 is 23.7 Å². The van der Waals surface area contributed by atoms with Crippen molar-refractivity contribution in [2.45, 2.75) is 50.7 Å². The first-order valence-electron chi connectivity index (χ1n) is 11.6. The molecule has 2 aromatic heterocycles. The highest BCUT2D eigenvalue weighted by atomic mass is 35.5. The zero-order valence-corrected chi connectivity index (χ0v) is 19.3. The molecule has 1 amide bonds. The molecule has 34 heavy (non-hydrogen) atoms. The van der Waals surface area contributed by atoms with Gasteiger partial charge in [0.2, 0.25) is 5.91 Å². The monoisotopic (exact) mass is 480 g/mol. The molecular weight excluding hydrogens is 456 g/mol. The highest BCUT2D eigenvalue weighted by molar-refractivity contribution is 6.32. The molecule has 4 fully saturated rings. The van der Waals surface area contributed by atoms with Gasteiger partial charge >= 0.3 is 0 Å². The van der Waals surface area contributed by atoms with Gasteiger partial charge in [-0.3, -0.25) is 4.79 Å². The van der Waals surface area contributed by atoms with Gasteiger partial charge in [0.1, 0.15) is 23.9 Å². The summed E-state index contributed by atoms with van der Waals surface area (Å²) in [6.07, 6.45) is 8.73. The van der Waals surface area contributed by atoms with Gasteiger partial charge in [-0.05, 0) is 79.8 Å². The summed E-state index contributed by atoms with van der Waals surface area (Å²) in [5.41, 5.74) is 2.13. The van der Waals surface area contributed by atoms with Crippen molar-refractivity contribution < 1.29 is 13.9 Å². The lowest BCUT2D eigenvalue weighted by Gasteiger charge is -2.60. The van der Waals surface area contributed by atoms with Gasteiger partial charge in [-0.2, -0.15) is 9.90 Å². The third-order valence-electron chi connectivity index (χ3n) is 7.53. The number of para-hydroxylation sites is 1. The number of rotatable bonds is 7. The van der Waals surface area contributed by atoms with Crippen LogP contribution >= 0.6 is 11.6 Å². The predicted molar refractivity (Wildman–Crippen MR) is 123 cm³/mol. The summed E-state index contributed by atoms with van der Waals surface area (Å²) in [4.78, 5) is 15.1. The summed E-state index contributed by atoms with van der Waals surface area (Å²) in [5, 5.41) is 17.2. The highest BCUT2D eigenvalue weighted by Crippen LogP contribution is 2.63. The van der Waals surface area contributed by atoms with Gasteiger partial charge < -0.3 is 9.15 Å². The van der Waals surface area contributed by atoms with E-state index in [0.29, 0.717) is 34.1 Å². The average Bonchev–Trinajstić information content (AvgIpc) is 3.51. The Hall–Kier alpha value is -3.20. The van der Waals surface area contributed by atoms with Crippen LogP contribution in [0.1, 0.15) is 50.0 Å². The van der Waals surface area contributed by atoms with Crippen molar-refractivity contribution in [3.8, 4) is 5.75 Å². The van der Waals surface area contributed by atoms with E-state index >= 15 is 0 Å². The Morgan fingerprint density at radius 2 is 2.06 bits per heavy atom. The first kappa shape index (κ1) is 21.3. The molecule has 0 saturated heterocycles. The number of carbonyl (C=O) groups is 1. The lowest BCUT2D eigenvalue weighted by atomic mass is 9.46. The first-order valence-corrected chi connectivity index (χ1v) is 11.9. The molecule has 0 spiro atoms. The van der Waals surface area contributed by atoms with Crippen LogP contribution in [0.25, 0.3) is 0 Å². The second-order valence-corrected chi connectivity index (χ2v) is 10.3. The smallest absolute Gasteiger partial charge is 0.246 e. The molecule has 0 radical (unpaired) electrons. The number of carbonyl (C=O) groups excluding carboxylic acids is 1. The SMILES string of the molecule is O=C(N/N=C\c1ccc(COc2ccccc2Cl)o1)C12CC3CC(C1)CC(n1ncnn1)(C3)C2. The molecular formula is C24H25ClN6O3. The Balaban J connectivity index is 1.10. The van der Waals surface area contributed by atoms with Crippen LogP contribution in [0.2, 0.25) is 5.02 Å². The summed E-state index contributed by atoms with van der Waals surface area (Å²) in [6.45, 7) is 0.244. The van der Waals surface area contributed by atoms with Crippen LogP contribution in [-0.4, -0.2) is 32.3 Å². The number of benzene rings is 1. The Morgan fingerprint density at radius 3 is 2.82 bits per heavy atom. The molecule has 2 atom stereocenters. The number of aromatic nitrogens is 4. The van der Waals surface area contributed by atoms with Crippen LogP contribution in [-0.2, 0) is 16.9 Å². The zero-order valence-electron chi connectivity index (χ0n) is 18.6. The number of furan rings is 1. The van der Waals surface area contributed by atoms with Gasteiger partial charge in [-0.1, -0.05) is 23.7 Å². The number of hydrogen-bond donors (Lipinski definition) is 1. The summed E-state index contributed by atoms with van der Waals surface area (Å²) >= 11 is 6.12. The topological polar surface area (TPSA) is 107 Å². The number of ether oxygens (including phenoxy) is 1. The Kier molecular flexibility index (Phi) is 5.17. The molecule has 4 aliphatic rings. The third-order valence-corrected chi connectivity index (χ3v) is 7.84. The van der Waals surface area contributed by atoms with Gasteiger partial charge in [-0.15, -0.1) is 10.2 Å². The minimum atomic E-state index is -0.438. The van der Waals surface area contributed by atoms with Gasteiger partial charge in [0.15, 0.2) is 6.33 Å². The molecule has 4 bridgehead atoms. The van der Waals surface area contributed by atoms with Gasteiger partial charge in [0.05, 0.1) is 22.2 Å². The Bertz CT molecular complexity index is 1210. The van der Waals surface area contributed by atoms with E-state index in [0.717, 1.165) is 32.1 Å². The lowest BCUT2D eigenvalue weighted by Crippen LogP contribution is -2.61. The van der Waals surface area contributed by atoms with Crippen LogP contribution in [0.3, 0.4) is 0 Å². The molecule has 1 aromatic carbocycles. The molecule has 4 saturated carbocycles. The normalized spacial score (nSPS) is 29.6. The molecule has 2 unspecified atom stereocenters. The van der Waals surface area contributed by atoms with Crippen molar-refractivity contribution in [1.29, 1.82) is 0 Å². The highest BCUT2D eigenvalue weighted by Gasteiger charge is 2.62. The van der Waals surface area contributed by atoms with Gasteiger partial charge in [0, 0.05) is 0 Å². The van der Waals surface area contributed by atoms with Crippen molar-refractivity contribution in [2.24, 2.45) is 22.4 Å². The van der Waals surface area contributed by atoms with Crippen LogP contribution in [0.5, 0.6) is 5.75 Å². The fraction of sp³-hybridized carbons (Fsp3) is 0.458. The standard InChI is InChI=1S/C24H25ClN6O3/c25-20-3-1-2-4-21(20)33-13-19-6-5-18(34-19)12-26-29-22(32)23-8-16-7-17(9-23)11-24(10-16,14-23)31-28-15-27-30-31/h1-6,12,15-17H,7-11,13-14H2,(H,29,32)/b26-12-. The van der Waals surface area contributed by atoms with Crippen LogP contribution in [0, 0.1) is 17.3 Å². The van der Waals surface area contributed by atoms with Crippen molar-refractivity contribution in [3.63, 3.8) is 0 Å². The molecule has 0 aliphatic heterocycles. The lowest BCUT2D eigenvalue weighted by molar-refractivity contribution is -0.157. The van der Waals surface area contributed by atoms with E-state index in [2.05, 4.69) is 25.9 Å². The minimum absolute atomic E-state index is 0.0313. The number of hydrazone groups is 1. The number of amides is 1. The molecule has 176 valence electrons. The molecule has 10 heteroatoms. The number of nitrogens with one attached hydrogen (secondary N) is 1. The van der Waals surface area contributed by atoms with Crippen LogP contribution in [0.4, 0.5) is 0 Å². The maximum absolute atomic E-state index is 13.3. The molecule has 3 aromatic rings. The largest absolute Gasteiger partial charge is 0.484 e. The number of nitrogens with zero attached hydrogens (tertiary/aromatic N) is 5. The van der Waals surface area contributed by atoms with Crippen molar-refractivity contribution in [1.82, 2.24) is 25.6 Å². The minimum Gasteiger partial charge on any atom is -0.484 e. The maximum Gasteiger partial charge on any atom is 0.246 e. The average molecular weight is 481 g/mol. The summed E-state index contributed by atoms with van der Waals surface area (Å²) < 4.78 is 11.4. The van der Waals surface area contributed by atoms with Crippen molar-refractivity contribution in [3.05, 3.63) is 59.3 Å². The Labute approximate surface area is 201 Å². The second kappa shape index (κ2) is 8.23. The van der Waals surface area contributed by atoms with Gasteiger partial charge in [0.25, 0.3) is 0 Å². The van der Waals surface area contributed by atoms with Crippen molar-refractivity contribution in [2.75, 3.05) is 0 Å². The molecule has 2 heterocycles. The quantitative estimate of drug-likeness (QED) is 0.405. The summed E-state index contributed by atoms with van der Waals surface area (Å²) in [7, 11) is 0. The van der Waals surface area contributed by atoms with E-state index in [1.165, 1.54) is 19.0 Å². The molecule has 1 N–H and O–H groups in total. The molecule has 9 nitrogen and oxygen atoms in total. The first-order chi connectivity index (χ1) is 16.5. The summed E-state index contributed by atoms with van der Waals surface area (Å²) in [5.74, 6) is 2.75. The van der Waals surface area contributed by atoms with E-state index in [-0.39, 0.29) is 18.1 Å². The zero-order chi connectivity index (χ0) is 23.2. The predicted octanol–water partition coefficient (Wildman–Crippen LogP) is 3.94. The van der Waals surface area contributed by atoms with Crippen LogP contribution < -0.4 is 10.2 Å².